The summed E-state index contributed by atoms with van der Waals surface area (Å²) in [5.41, 5.74) is -0.499. The van der Waals surface area contributed by atoms with Crippen LogP contribution in [0.1, 0.15) is 20.8 Å². The van der Waals surface area contributed by atoms with Crippen LogP contribution in [0.15, 0.2) is 0 Å². The van der Waals surface area contributed by atoms with E-state index in [1.165, 1.54) is 0 Å². The van der Waals surface area contributed by atoms with Crippen molar-refractivity contribution >= 4 is 6.09 Å². The lowest BCUT2D eigenvalue weighted by atomic mass is 10.2. The van der Waals surface area contributed by atoms with Gasteiger partial charge in [0.2, 0.25) is 0 Å². The molecule has 1 fully saturated rings. The molecule has 5 heteroatoms. The van der Waals surface area contributed by atoms with Gasteiger partial charge in [0.15, 0.2) is 0 Å². The van der Waals surface area contributed by atoms with Crippen molar-refractivity contribution in [2.45, 2.75) is 38.5 Å². The Kier molecular flexibility index (Phi) is 3.34. The normalized spacial score (nSPS) is 27.4. The molecule has 5 nitrogen and oxygen atoms in total. The SMILES string of the molecule is CC(C)(C)OC(=O)NC1CNC[C@H]1O. The Bertz CT molecular complexity index is 213. The monoisotopic (exact) mass is 202 g/mol. The zero-order chi connectivity index (χ0) is 10.8. The number of carbonyl (C=O) groups excluding carboxylic acids is 1. The average Bonchev–Trinajstić information content (AvgIpc) is 2.32. The Hall–Kier alpha value is -0.810. The van der Waals surface area contributed by atoms with Gasteiger partial charge < -0.3 is 20.5 Å². The van der Waals surface area contributed by atoms with Crippen molar-refractivity contribution in [2.24, 2.45) is 0 Å². The first kappa shape index (κ1) is 11.3. The van der Waals surface area contributed by atoms with Crippen molar-refractivity contribution in [2.75, 3.05) is 13.1 Å². The van der Waals surface area contributed by atoms with Crippen LogP contribution >= 0.6 is 0 Å². The number of carbonyl (C=O) groups is 1. The van der Waals surface area contributed by atoms with Crippen molar-refractivity contribution in [3.63, 3.8) is 0 Å². The summed E-state index contributed by atoms with van der Waals surface area (Å²) in [6.45, 7) is 6.50. The molecular weight excluding hydrogens is 184 g/mol. The summed E-state index contributed by atoms with van der Waals surface area (Å²) in [4.78, 5) is 11.3. The lowest BCUT2D eigenvalue weighted by molar-refractivity contribution is 0.0461. The van der Waals surface area contributed by atoms with E-state index < -0.39 is 17.8 Å². The molecule has 1 aliphatic heterocycles. The van der Waals surface area contributed by atoms with E-state index in [0.29, 0.717) is 13.1 Å². The summed E-state index contributed by atoms with van der Waals surface area (Å²) in [5.74, 6) is 0. The minimum absolute atomic E-state index is 0.246. The largest absolute Gasteiger partial charge is 0.444 e. The Morgan fingerprint density at radius 2 is 2.14 bits per heavy atom. The number of aliphatic hydroxyl groups is 1. The molecule has 14 heavy (non-hydrogen) atoms. The van der Waals surface area contributed by atoms with E-state index in [1.807, 2.05) is 0 Å². The van der Waals surface area contributed by atoms with Crippen LogP contribution in [0.2, 0.25) is 0 Å². The molecule has 1 rings (SSSR count). The topological polar surface area (TPSA) is 70.6 Å². The summed E-state index contributed by atoms with van der Waals surface area (Å²) in [6.07, 6.45) is -1.01. The maximum absolute atomic E-state index is 11.3. The van der Waals surface area contributed by atoms with E-state index in [2.05, 4.69) is 10.6 Å². The van der Waals surface area contributed by atoms with Crippen molar-refractivity contribution < 1.29 is 14.6 Å². The molecule has 0 aromatic heterocycles. The summed E-state index contributed by atoms with van der Waals surface area (Å²) < 4.78 is 5.06. The van der Waals surface area contributed by atoms with Gasteiger partial charge in [0.25, 0.3) is 0 Å². The number of amides is 1. The molecule has 1 aliphatic rings. The summed E-state index contributed by atoms with van der Waals surface area (Å²) in [5, 5.41) is 15.0. The fourth-order valence-electron chi connectivity index (χ4n) is 1.27. The lowest BCUT2D eigenvalue weighted by Gasteiger charge is -2.22. The van der Waals surface area contributed by atoms with Crippen molar-refractivity contribution in [1.82, 2.24) is 10.6 Å². The third-order valence-electron chi connectivity index (χ3n) is 1.88. The number of nitrogens with one attached hydrogen (secondary N) is 2. The molecule has 1 unspecified atom stereocenters. The number of β-amino-alcohol motifs (C(OH)–C–C–N with tert-alkyl or cyclic N) is 1. The van der Waals surface area contributed by atoms with Crippen molar-refractivity contribution in [3.8, 4) is 0 Å². The summed E-state index contributed by atoms with van der Waals surface area (Å²) >= 11 is 0. The first-order valence-corrected chi connectivity index (χ1v) is 4.77. The molecular formula is C9H18N2O3. The van der Waals surface area contributed by atoms with Gasteiger partial charge in [0, 0.05) is 13.1 Å². The van der Waals surface area contributed by atoms with Crippen LogP contribution in [0, 0.1) is 0 Å². The zero-order valence-electron chi connectivity index (χ0n) is 8.83. The Morgan fingerprint density at radius 1 is 1.50 bits per heavy atom. The fraction of sp³-hybridized carbons (Fsp3) is 0.889. The number of hydrogen-bond donors (Lipinski definition) is 3. The molecule has 2 atom stereocenters. The highest BCUT2D eigenvalue weighted by Gasteiger charge is 2.28. The van der Waals surface area contributed by atoms with Crippen LogP contribution in [0.3, 0.4) is 0 Å². The number of hydrogen-bond acceptors (Lipinski definition) is 4. The molecule has 0 radical (unpaired) electrons. The van der Waals surface area contributed by atoms with Crippen LogP contribution in [0.25, 0.3) is 0 Å². The van der Waals surface area contributed by atoms with E-state index in [0.717, 1.165) is 0 Å². The molecule has 1 saturated heterocycles. The molecule has 1 heterocycles. The molecule has 82 valence electrons. The van der Waals surface area contributed by atoms with E-state index in [9.17, 15) is 9.90 Å². The second-order valence-electron chi connectivity index (χ2n) is 4.48. The van der Waals surface area contributed by atoms with Gasteiger partial charge in [-0.2, -0.15) is 0 Å². The van der Waals surface area contributed by atoms with Crippen LogP contribution in [-0.4, -0.2) is 42.0 Å². The number of rotatable bonds is 1. The van der Waals surface area contributed by atoms with Crippen molar-refractivity contribution in [3.05, 3.63) is 0 Å². The van der Waals surface area contributed by atoms with Gasteiger partial charge >= 0.3 is 6.09 Å². The molecule has 0 saturated carbocycles. The van der Waals surface area contributed by atoms with Gasteiger partial charge in [-0.1, -0.05) is 0 Å². The zero-order valence-corrected chi connectivity index (χ0v) is 8.83. The molecule has 0 spiro atoms. The van der Waals surface area contributed by atoms with Crippen molar-refractivity contribution in [1.29, 1.82) is 0 Å². The first-order chi connectivity index (χ1) is 6.38. The number of alkyl carbamates (subject to hydrolysis) is 1. The van der Waals surface area contributed by atoms with E-state index in [-0.39, 0.29) is 6.04 Å². The average molecular weight is 202 g/mol. The minimum Gasteiger partial charge on any atom is -0.444 e. The van der Waals surface area contributed by atoms with Crippen LogP contribution in [0.4, 0.5) is 4.79 Å². The second-order valence-corrected chi connectivity index (χ2v) is 4.48. The third kappa shape index (κ3) is 3.51. The Morgan fingerprint density at radius 3 is 2.57 bits per heavy atom. The molecule has 0 aromatic rings. The van der Waals surface area contributed by atoms with E-state index >= 15 is 0 Å². The highest BCUT2D eigenvalue weighted by atomic mass is 16.6. The lowest BCUT2D eigenvalue weighted by Crippen LogP contribution is -2.45. The molecule has 0 bridgehead atoms. The third-order valence-corrected chi connectivity index (χ3v) is 1.88. The van der Waals surface area contributed by atoms with Crippen LogP contribution < -0.4 is 10.6 Å². The van der Waals surface area contributed by atoms with Gasteiger partial charge in [-0.3, -0.25) is 0 Å². The van der Waals surface area contributed by atoms with Crippen LogP contribution in [0.5, 0.6) is 0 Å². The summed E-state index contributed by atoms with van der Waals surface area (Å²) in [7, 11) is 0. The highest BCUT2D eigenvalue weighted by Crippen LogP contribution is 2.07. The smallest absolute Gasteiger partial charge is 0.408 e. The van der Waals surface area contributed by atoms with E-state index in [4.69, 9.17) is 4.74 Å². The van der Waals surface area contributed by atoms with Gasteiger partial charge in [0.05, 0.1) is 12.1 Å². The first-order valence-electron chi connectivity index (χ1n) is 4.77. The second kappa shape index (κ2) is 4.14. The number of ether oxygens (including phenoxy) is 1. The predicted molar refractivity (Wildman–Crippen MR) is 52.0 cm³/mol. The Balaban J connectivity index is 2.33. The predicted octanol–water partition coefficient (Wildman–Crippen LogP) is -0.156. The maximum atomic E-state index is 11.3. The van der Waals surface area contributed by atoms with Gasteiger partial charge in [-0.25, -0.2) is 4.79 Å². The van der Waals surface area contributed by atoms with E-state index in [1.54, 1.807) is 20.8 Å². The number of aliphatic hydroxyl groups excluding tert-OH is 1. The molecule has 3 N–H and O–H groups in total. The maximum Gasteiger partial charge on any atom is 0.408 e. The fourth-order valence-corrected chi connectivity index (χ4v) is 1.27. The molecule has 0 aliphatic carbocycles. The quantitative estimate of drug-likeness (QED) is 0.553. The Labute approximate surface area is 83.8 Å². The minimum atomic E-state index is -0.525. The van der Waals surface area contributed by atoms with Gasteiger partial charge in [0.1, 0.15) is 5.60 Å². The standard InChI is InChI=1S/C9H18N2O3/c1-9(2,3)14-8(13)11-6-4-10-5-7(6)12/h6-7,10,12H,4-5H2,1-3H3,(H,11,13)/t6?,7-/m1/s1. The molecule has 0 aromatic carbocycles. The highest BCUT2D eigenvalue weighted by molar-refractivity contribution is 5.68. The van der Waals surface area contributed by atoms with Gasteiger partial charge in [-0.05, 0) is 20.8 Å². The molecule has 1 amide bonds. The summed E-state index contributed by atoms with van der Waals surface area (Å²) in [6, 6.07) is -0.246. The van der Waals surface area contributed by atoms with Crippen LogP contribution in [-0.2, 0) is 4.74 Å². The van der Waals surface area contributed by atoms with Gasteiger partial charge in [-0.15, -0.1) is 0 Å².